The van der Waals surface area contributed by atoms with E-state index in [9.17, 15) is 4.79 Å². The van der Waals surface area contributed by atoms with Crippen LogP contribution in [0.1, 0.15) is 11.4 Å². The zero-order valence-electron chi connectivity index (χ0n) is 10.4. The monoisotopic (exact) mass is 297 g/mol. The number of nitrogens with zero attached hydrogens (tertiary/aromatic N) is 3. The standard InChI is InChI=1S/C12H12ClN3O2S/c1-7-3-4-10(9(13)5-7)16-8(2)14-15-12(16)19-6-11(17)18/h3-5H,6H2,1-2H3,(H,17,18). The van der Waals surface area contributed by atoms with Gasteiger partial charge in [-0.1, -0.05) is 29.4 Å². The van der Waals surface area contributed by atoms with E-state index in [0.717, 1.165) is 23.0 Å². The number of carboxylic acids is 1. The van der Waals surface area contributed by atoms with E-state index in [1.165, 1.54) is 0 Å². The van der Waals surface area contributed by atoms with E-state index in [0.29, 0.717) is 16.0 Å². The van der Waals surface area contributed by atoms with Crippen LogP contribution in [-0.2, 0) is 4.79 Å². The van der Waals surface area contributed by atoms with Crippen molar-refractivity contribution in [1.82, 2.24) is 14.8 Å². The van der Waals surface area contributed by atoms with Crippen LogP contribution in [0.5, 0.6) is 0 Å². The van der Waals surface area contributed by atoms with Crippen molar-refractivity contribution < 1.29 is 9.90 Å². The van der Waals surface area contributed by atoms with E-state index < -0.39 is 5.97 Å². The molecule has 2 rings (SSSR count). The number of hydrogen-bond acceptors (Lipinski definition) is 4. The minimum atomic E-state index is -0.896. The first kappa shape index (κ1) is 13.9. The highest BCUT2D eigenvalue weighted by Gasteiger charge is 2.15. The molecular formula is C12H12ClN3O2S. The van der Waals surface area contributed by atoms with Crippen LogP contribution in [0.25, 0.3) is 5.69 Å². The van der Waals surface area contributed by atoms with Gasteiger partial charge in [0.1, 0.15) is 5.82 Å². The molecule has 0 amide bonds. The van der Waals surface area contributed by atoms with Crippen LogP contribution in [0.3, 0.4) is 0 Å². The first-order chi connectivity index (χ1) is 8.99. The van der Waals surface area contributed by atoms with Crippen LogP contribution in [0.4, 0.5) is 0 Å². The fourth-order valence-electron chi connectivity index (χ4n) is 1.63. The predicted molar refractivity (Wildman–Crippen MR) is 74.2 cm³/mol. The molecule has 0 saturated heterocycles. The maximum atomic E-state index is 10.6. The van der Waals surface area contributed by atoms with E-state index in [1.807, 2.05) is 25.1 Å². The smallest absolute Gasteiger partial charge is 0.313 e. The summed E-state index contributed by atoms with van der Waals surface area (Å²) in [5.41, 5.74) is 1.81. The molecule has 0 aliphatic carbocycles. The maximum absolute atomic E-state index is 10.6. The Hall–Kier alpha value is -1.53. The Balaban J connectivity index is 2.43. The third kappa shape index (κ3) is 3.08. The molecule has 5 nitrogen and oxygen atoms in total. The normalized spacial score (nSPS) is 10.7. The predicted octanol–water partition coefficient (Wildman–Crippen LogP) is 2.71. The molecule has 1 aromatic heterocycles. The Kier molecular flexibility index (Phi) is 4.11. The topological polar surface area (TPSA) is 68.0 Å². The van der Waals surface area contributed by atoms with Gasteiger partial charge in [0.25, 0.3) is 0 Å². The summed E-state index contributed by atoms with van der Waals surface area (Å²) in [5.74, 6) is -0.299. The van der Waals surface area contributed by atoms with Gasteiger partial charge < -0.3 is 5.11 Å². The van der Waals surface area contributed by atoms with Crippen molar-refractivity contribution >= 4 is 29.3 Å². The van der Waals surface area contributed by atoms with Gasteiger partial charge in [0, 0.05) is 0 Å². The van der Waals surface area contributed by atoms with Crippen LogP contribution in [0.2, 0.25) is 5.02 Å². The van der Waals surface area contributed by atoms with E-state index in [-0.39, 0.29) is 5.75 Å². The zero-order chi connectivity index (χ0) is 14.0. The van der Waals surface area contributed by atoms with Crippen molar-refractivity contribution in [3.8, 4) is 5.69 Å². The molecular weight excluding hydrogens is 286 g/mol. The van der Waals surface area contributed by atoms with E-state index in [2.05, 4.69) is 10.2 Å². The van der Waals surface area contributed by atoms with Gasteiger partial charge in [-0.15, -0.1) is 10.2 Å². The first-order valence-corrected chi connectivity index (χ1v) is 6.88. The SMILES string of the molecule is Cc1ccc(-n2c(C)nnc2SCC(=O)O)c(Cl)c1. The summed E-state index contributed by atoms with van der Waals surface area (Å²) in [4.78, 5) is 10.6. The third-order valence-electron chi connectivity index (χ3n) is 2.46. The first-order valence-electron chi connectivity index (χ1n) is 5.52. The van der Waals surface area contributed by atoms with Crippen LogP contribution in [0, 0.1) is 13.8 Å². The zero-order valence-corrected chi connectivity index (χ0v) is 12.0. The molecule has 7 heteroatoms. The number of rotatable bonds is 4. The van der Waals surface area contributed by atoms with Crippen molar-refractivity contribution in [3.63, 3.8) is 0 Å². The van der Waals surface area contributed by atoms with E-state index >= 15 is 0 Å². The van der Waals surface area contributed by atoms with Gasteiger partial charge in [-0.2, -0.15) is 0 Å². The van der Waals surface area contributed by atoms with Gasteiger partial charge in [-0.25, -0.2) is 0 Å². The Morgan fingerprint density at radius 2 is 2.16 bits per heavy atom. The van der Waals surface area contributed by atoms with Crippen molar-refractivity contribution in [2.24, 2.45) is 0 Å². The molecule has 0 aliphatic rings. The summed E-state index contributed by atoms with van der Waals surface area (Å²) in [6.45, 7) is 3.75. The minimum absolute atomic E-state index is 0.0678. The molecule has 1 heterocycles. The number of carbonyl (C=O) groups is 1. The molecule has 0 spiro atoms. The minimum Gasteiger partial charge on any atom is -0.481 e. The molecule has 1 aromatic carbocycles. The average Bonchev–Trinajstić information content (AvgIpc) is 2.68. The Morgan fingerprint density at radius 1 is 1.42 bits per heavy atom. The summed E-state index contributed by atoms with van der Waals surface area (Å²) in [5, 5.41) is 17.8. The molecule has 0 unspecified atom stereocenters. The molecule has 100 valence electrons. The summed E-state index contributed by atoms with van der Waals surface area (Å²) in [6.07, 6.45) is 0. The number of halogens is 1. The summed E-state index contributed by atoms with van der Waals surface area (Å²) in [6, 6.07) is 5.66. The molecule has 1 N–H and O–H groups in total. The van der Waals surface area contributed by atoms with Crippen LogP contribution in [-0.4, -0.2) is 31.6 Å². The van der Waals surface area contributed by atoms with Gasteiger partial charge >= 0.3 is 5.97 Å². The summed E-state index contributed by atoms with van der Waals surface area (Å²) < 4.78 is 1.76. The summed E-state index contributed by atoms with van der Waals surface area (Å²) >= 11 is 7.34. The Labute approximate surface area is 119 Å². The van der Waals surface area contributed by atoms with Gasteiger partial charge in [0.2, 0.25) is 0 Å². The number of aryl methyl sites for hydroxylation is 2. The Bertz CT molecular complexity index is 627. The van der Waals surface area contributed by atoms with Crippen LogP contribution >= 0.6 is 23.4 Å². The van der Waals surface area contributed by atoms with Crippen molar-refractivity contribution in [2.75, 3.05) is 5.75 Å². The molecule has 0 radical (unpaired) electrons. The lowest BCUT2D eigenvalue weighted by Crippen LogP contribution is -2.03. The second-order valence-electron chi connectivity index (χ2n) is 4.00. The molecule has 0 aliphatic heterocycles. The lowest BCUT2D eigenvalue weighted by molar-refractivity contribution is -0.133. The van der Waals surface area contributed by atoms with Crippen LogP contribution < -0.4 is 0 Å². The quantitative estimate of drug-likeness (QED) is 0.879. The van der Waals surface area contributed by atoms with Gasteiger partial charge in [0.15, 0.2) is 5.16 Å². The molecule has 2 aromatic rings. The molecule has 0 atom stereocenters. The fraction of sp³-hybridized carbons (Fsp3) is 0.250. The highest BCUT2D eigenvalue weighted by atomic mass is 35.5. The largest absolute Gasteiger partial charge is 0.481 e. The molecule has 0 saturated carbocycles. The van der Waals surface area contributed by atoms with Gasteiger partial charge in [-0.3, -0.25) is 9.36 Å². The lowest BCUT2D eigenvalue weighted by atomic mass is 10.2. The maximum Gasteiger partial charge on any atom is 0.313 e. The van der Waals surface area contributed by atoms with E-state index in [4.69, 9.17) is 16.7 Å². The second-order valence-corrected chi connectivity index (χ2v) is 5.35. The third-order valence-corrected chi connectivity index (χ3v) is 3.68. The number of hydrogen-bond donors (Lipinski definition) is 1. The van der Waals surface area contributed by atoms with Crippen LogP contribution in [0.15, 0.2) is 23.4 Å². The molecule has 0 bridgehead atoms. The number of benzene rings is 1. The summed E-state index contributed by atoms with van der Waals surface area (Å²) in [7, 11) is 0. The van der Waals surface area contributed by atoms with Gasteiger partial charge in [-0.05, 0) is 31.5 Å². The Morgan fingerprint density at radius 3 is 2.79 bits per heavy atom. The van der Waals surface area contributed by atoms with Crippen molar-refractivity contribution in [2.45, 2.75) is 19.0 Å². The number of aliphatic carboxylic acids is 1. The number of aromatic nitrogens is 3. The molecule has 0 fully saturated rings. The molecule has 19 heavy (non-hydrogen) atoms. The second kappa shape index (κ2) is 5.63. The lowest BCUT2D eigenvalue weighted by Gasteiger charge is -2.10. The van der Waals surface area contributed by atoms with E-state index in [1.54, 1.807) is 11.5 Å². The van der Waals surface area contributed by atoms with Crippen molar-refractivity contribution in [3.05, 3.63) is 34.6 Å². The number of carboxylic acid groups (broad SMARTS) is 1. The fourth-order valence-corrected chi connectivity index (χ4v) is 2.66. The number of thioether (sulfide) groups is 1. The highest BCUT2D eigenvalue weighted by Crippen LogP contribution is 2.27. The van der Waals surface area contributed by atoms with Gasteiger partial charge in [0.05, 0.1) is 16.5 Å². The highest BCUT2D eigenvalue weighted by molar-refractivity contribution is 7.99. The van der Waals surface area contributed by atoms with Crippen molar-refractivity contribution in [1.29, 1.82) is 0 Å². The average molecular weight is 298 g/mol.